The van der Waals surface area contributed by atoms with Crippen molar-refractivity contribution in [2.24, 2.45) is 34.5 Å². The molecule has 9 atom stereocenters. The monoisotopic (exact) mass is 398 g/mol. The molecule has 4 fully saturated rings. The smallest absolute Gasteiger partial charge is 0.243 e. The van der Waals surface area contributed by atoms with E-state index in [1.165, 1.54) is 19.3 Å². The van der Waals surface area contributed by atoms with Crippen molar-refractivity contribution in [3.8, 4) is 0 Å². The van der Waals surface area contributed by atoms with Crippen molar-refractivity contribution in [1.82, 2.24) is 10.2 Å². The largest absolute Gasteiger partial charge is 0.349 e. The molecule has 0 spiro atoms. The lowest BCUT2D eigenvalue weighted by atomic mass is 9.48. The molecule has 4 heteroatoms. The zero-order chi connectivity index (χ0) is 20.6. The van der Waals surface area contributed by atoms with Crippen LogP contribution in [-0.2, 0) is 9.59 Å². The predicted octanol–water partition coefficient (Wildman–Crippen LogP) is 4.30. The van der Waals surface area contributed by atoms with Crippen LogP contribution in [0.1, 0.15) is 79.1 Å². The van der Waals surface area contributed by atoms with Crippen LogP contribution in [-0.4, -0.2) is 34.8 Å². The number of likely N-dealkylation sites (tertiary alicyclic amines) is 1. The van der Waals surface area contributed by atoms with Crippen LogP contribution in [0, 0.1) is 34.5 Å². The van der Waals surface area contributed by atoms with Crippen molar-refractivity contribution in [2.45, 2.75) is 97.2 Å². The molecule has 0 bridgehead atoms. The topological polar surface area (TPSA) is 49.4 Å². The molecule has 29 heavy (non-hydrogen) atoms. The number of carbonyl (C=O) groups excluding carboxylic acids is 2. The van der Waals surface area contributed by atoms with Gasteiger partial charge in [0.05, 0.1) is 0 Å². The number of hydrogen-bond acceptors (Lipinski definition) is 2. The number of hydrogen-bond donors (Lipinski definition) is 1. The van der Waals surface area contributed by atoms with Crippen molar-refractivity contribution in [3.05, 3.63) is 12.2 Å². The van der Waals surface area contributed by atoms with Crippen molar-refractivity contribution < 1.29 is 9.59 Å². The van der Waals surface area contributed by atoms with Gasteiger partial charge in [-0.3, -0.25) is 9.59 Å². The molecule has 3 saturated carbocycles. The van der Waals surface area contributed by atoms with Gasteiger partial charge in [-0.2, -0.15) is 0 Å². The Hall–Kier alpha value is -1.32. The normalized spacial score (nSPS) is 51.2. The summed E-state index contributed by atoms with van der Waals surface area (Å²) >= 11 is 0. The first-order valence-corrected chi connectivity index (χ1v) is 12.1. The number of fused-ring (bicyclic) bond motifs is 5. The number of amides is 2. The van der Waals surface area contributed by atoms with Crippen LogP contribution in [0.15, 0.2) is 12.2 Å². The van der Waals surface area contributed by atoms with E-state index in [9.17, 15) is 9.59 Å². The van der Waals surface area contributed by atoms with E-state index in [1.54, 1.807) is 6.08 Å². The molecule has 2 amide bonds. The molecule has 0 aromatic carbocycles. The van der Waals surface area contributed by atoms with E-state index in [1.807, 2.05) is 0 Å². The number of carbonyl (C=O) groups is 2. The molecule has 5 rings (SSSR count). The van der Waals surface area contributed by atoms with Gasteiger partial charge in [-0.05, 0) is 94.5 Å². The fourth-order valence-electron chi connectivity index (χ4n) is 8.55. The Morgan fingerprint density at radius 2 is 1.72 bits per heavy atom. The highest BCUT2D eigenvalue weighted by Gasteiger charge is 2.61. The third-order valence-electron chi connectivity index (χ3n) is 10.2. The Kier molecular flexibility index (Phi) is 4.46. The van der Waals surface area contributed by atoms with Gasteiger partial charge in [-0.1, -0.05) is 19.9 Å². The lowest BCUT2D eigenvalue weighted by Crippen LogP contribution is -2.59. The zero-order valence-electron chi connectivity index (χ0n) is 18.6. The summed E-state index contributed by atoms with van der Waals surface area (Å²) in [6.07, 6.45) is 13.2. The molecule has 2 aliphatic heterocycles. The lowest BCUT2D eigenvalue weighted by molar-refractivity contribution is -0.146. The summed E-state index contributed by atoms with van der Waals surface area (Å²) in [5, 5.41) is 3.25. The third-order valence-corrected chi connectivity index (χ3v) is 10.2. The van der Waals surface area contributed by atoms with Crippen LogP contribution in [0.2, 0.25) is 0 Å². The van der Waals surface area contributed by atoms with E-state index in [0.717, 1.165) is 32.1 Å². The van der Waals surface area contributed by atoms with E-state index in [-0.39, 0.29) is 28.7 Å². The predicted molar refractivity (Wildman–Crippen MR) is 114 cm³/mol. The summed E-state index contributed by atoms with van der Waals surface area (Å²) in [6.45, 7) is 9.29. The molecule has 1 saturated heterocycles. The summed E-state index contributed by atoms with van der Waals surface area (Å²) in [7, 11) is 0. The third kappa shape index (κ3) is 2.69. The van der Waals surface area contributed by atoms with Crippen molar-refractivity contribution in [2.75, 3.05) is 0 Å². The van der Waals surface area contributed by atoms with Gasteiger partial charge in [0.1, 0.15) is 0 Å². The highest BCUT2D eigenvalue weighted by atomic mass is 16.2. The molecule has 4 nitrogen and oxygen atoms in total. The van der Waals surface area contributed by atoms with E-state index in [4.69, 9.17) is 0 Å². The molecular weight excluding hydrogens is 360 g/mol. The number of nitrogens with zero attached hydrogens (tertiary/aromatic N) is 1. The van der Waals surface area contributed by atoms with Crippen LogP contribution in [0.3, 0.4) is 0 Å². The molecule has 160 valence electrons. The molecular formula is C25H38N2O2. The maximum Gasteiger partial charge on any atom is 0.243 e. The fraction of sp³-hybridized carbons (Fsp3) is 0.840. The van der Waals surface area contributed by atoms with E-state index >= 15 is 0 Å². The standard InChI is InChI=1S/C25H38N2O2/c1-15-5-6-16(2)27(15)23(29)20-9-8-18-17-7-10-21-25(4,14-12-22(28)26-21)19(17)11-13-24(18,20)3/h12,14-21H,5-11,13H2,1-4H3,(H,26,28)/t15?,16?,17-,18-,19-,20+,21+,24-,25+/m0/s1. The summed E-state index contributed by atoms with van der Waals surface area (Å²) in [4.78, 5) is 27.8. The van der Waals surface area contributed by atoms with Gasteiger partial charge in [0.25, 0.3) is 0 Å². The minimum Gasteiger partial charge on any atom is -0.349 e. The first-order valence-electron chi connectivity index (χ1n) is 12.1. The summed E-state index contributed by atoms with van der Waals surface area (Å²) in [5.74, 6) is 2.73. The van der Waals surface area contributed by atoms with Crippen LogP contribution >= 0.6 is 0 Å². The second-order valence-electron chi connectivity index (χ2n) is 11.4. The van der Waals surface area contributed by atoms with E-state index in [0.29, 0.717) is 35.7 Å². The van der Waals surface area contributed by atoms with Crippen molar-refractivity contribution >= 4 is 11.8 Å². The second-order valence-corrected chi connectivity index (χ2v) is 11.4. The molecule has 0 aromatic heterocycles. The van der Waals surface area contributed by atoms with Crippen LogP contribution in [0.25, 0.3) is 0 Å². The highest BCUT2D eigenvalue weighted by Crippen LogP contribution is 2.65. The maximum atomic E-state index is 13.7. The quantitative estimate of drug-likeness (QED) is 0.716. The van der Waals surface area contributed by atoms with Crippen LogP contribution in [0.5, 0.6) is 0 Å². The van der Waals surface area contributed by atoms with E-state index in [2.05, 4.69) is 44.0 Å². The van der Waals surface area contributed by atoms with Gasteiger partial charge in [0.15, 0.2) is 0 Å². The van der Waals surface area contributed by atoms with E-state index < -0.39 is 0 Å². The summed E-state index contributed by atoms with van der Waals surface area (Å²) < 4.78 is 0. The molecule has 0 radical (unpaired) electrons. The molecule has 3 aliphatic carbocycles. The van der Waals surface area contributed by atoms with Gasteiger partial charge in [-0.25, -0.2) is 0 Å². The van der Waals surface area contributed by atoms with Crippen molar-refractivity contribution in [3.63, 3.8) is 0 Å². The highest BCUT2D eigenvalue weighted by molar-refractivity contribution is 5.89. The maximum absolute atomic E-state index is 13.7. The minimum atomic E-state index is 0.0759. The van der Waals surface area contributed by atoms with Gasteiger partial charge in [0.2, 0.25) is 11.8 Å². The fourth-order valence-corrected chi connectivity index (χ4v) is 8.55. The Bertz CT molecular complexity index is 737. The van der Waals surface area contributed by atoms with Gasteiger partial charge < -0.3 is 10.2 Å². The number of rotatable bonds is 1. The summed E-state index contributed by atoms with van der Waals surface area (Å²) in [6, 6.07) is 1.10. The van der Waals surface area contributed by atoms with Gasteiger partial charge in [-0.15, -0.1) is 0 Å². The first-order chi connectivity index (χ1) is 13.8. The molecule has 2 unspecified atom stereocenters. The van der Waals surface area contributed by atoms with Gasteiger partial charge in [0, 0.05) is 29.5 Å². The molecule has 5 aliphatic rings. The number of nitrogens with one attached hydrogen (secondary N) is 1. The van der Waals surface area contributed by atoms with Crippen LogP contribution < -0.4 is 5.32 Å². The Balaban J connectivity index is 1.41. The minimum absolute atomic E-state index is 0.0759. The Morgan fingerprint density at radius 3 is 2.45 bits per heavy atom. The Morgan fingerprint density at radius 1 is 1.00 bits per heavy atom. The zero-order valence-corrected chi connectivity index (χ0v) is 18.6. The molecule has 0 aromatic rings. The average Bonchev–Trinajstić information content (AvgIpc) is 3.20. The molecule has 1 N–H and O–H groups in total. The van der Waals surface area contributed by atoms with Crippen LogP contribution in [0.4, 0.5) is 0 Å². The van der Waals surface area contributed by atoms with Gasteiger partial charge >= 0.3 is 0 Å². The lowest BCUT2D eigenvalue weighted by Gasteiger charge is -2.58. The molecule has 2 heterocycles. The Labute approximate surface area is 175 Å². The van der Waals surface area contributed by atoms with Crippen molar-refractivity contribution in [1.29, 1.82) is 0 Å². The first kappa shape index (κ1) is 19.6. The average molecular weight is 399 g/mol. The SMILES string of the molecule is CC1CCC(C)N1C(=O)[C@H]1CC[C@H]2[C@@H]3CC[C@H]4NC(=O)C=C[C@]4(C)[C@H]3CC[C@]12C. The second kappa shape index (κ2) is 6.59. The summed E-state index contributed by atoms with van der Waals surface area (Å²) in [5.41, 5.74) is 0.239.